The Balaban J connectivity index is 1.99. The van der Waals surface area contributed by atoms with Crippen LogP contribution in [0.3, 0.4) is 0 Å². The normalized spacial score (nSPS) is 28.5. The molecule has 1 aliphatic rings. The molecule has 1 fully saturated rings. The largest absolute Gasteiger partial charge is 0.481 e. The Morgan fingerprint density at radius 1 is 1.50 bits per heavy atom. The number of carbonyl (C=O) groups is 1. The molecular weight excluding hydrogens is 204 g/mol. The summed E-state index contributed by atoms with van der Waals surface area (Å²) in [5.41, 5.74) is 1.43. The van der Waals surface area contributed by atoms with Crippen LogP contribution in [0.15, 0.2) is 24.3 Å². The van der Waals surface area contributed by atoms with Gasteiger partial charge >= 0.3 is 5.97 Å². The topological polar surface area (TPSA) is 57.5 Å². The second-order valence-corrected chi connectivity index (χ2v) is 4.83. The zero-order valence-corrected chi connectivity index (χ0v) is 9.31. The van der Waals surface area contributed by atoms with Crippen molar-refractivity contribution in [1.29, 1.82) is 0 Å². The number of aliphatic hydroxyl groups is 1. The van der Waals surface area contributed by atoms with E-state index in [0.717, 1.165) is 11.1 Å². The van der Waals surface area contributed by atoms with Crippen LogP contribution in [-0.2, 0) is 11.2 Å². The van der Waals surface area contributed by atoms with Crippen LogP contribution in [0.5, 0.6) is 0 Å². The van der Waals surface area contributed by atoms with E-state index in [1.54, 1.807) is 0 Å². The fourth-order valence-corrected chi connectivity index (χ4v) is 2.38. The maximum atomic E-state index is 10.7. The van der Waals surface area contributed by atoms with Crippen LogP contribution in [0.1, 0.15) is 24.0 Å². The Morgan fingerprint density at radius 3 is 2.75 bits per heavy atom. The van der Waals surface area contributed by atoms with Gasteiger partial charge in [0.1, 0.15) is 0 Å². The van der Waals surface area contributed by atoms with Crippen LogP contribution in [0, 0.1) is 12.8 Å². The molecule has 0 heterocycles. The summed E-state index contributed by atoms with van der Waals surface area (Å²) in [6.45, 7) is 2.01. The Kier molecular flexibility index (Phi) is 2.72. The van der Waals surface area contributed by atoms with Gasteiger partial charge in [-0.2, -0.15) is 0 Å². The second-order valence-electron chi connectivity index (χ2n) is 4.83. The predicted molar refractivity (Wildman–Crippen MR) is 60.2 cm³/mol. The molecule has 0 aliphatic heterocycles. The summed E-state index contributed by atoms with van der Waals surface area (Å²) in [5.74, 6) is -1.16. The molecule has 3 nitrogen and oxygen atoms in total. The van der Waals surface area contributed by atoms with Crippen molar-refractivity contribution in [2.75, 3.05) is 0 Å². The third-order valence-corrected chi connectivity index (χ3v) is 3.22. The molecule has 0 atom stereocenters. The average Bonchev–Trinajstić information content (AvgIpc) is 2.13. The number of hydrogen-bond acceptors (Lipinski definition) is 2. The smallest absolute Gasteiger partial charge is 0.306 e. The molecule has 86 valence electrons. The summed E-state index contributed by atoms with van der Waals surface area (Å²) in [6, 6.07) is 7.97. The van der Waals surface area contributed by atoms with Gasteiger partial charge in [-0.3, -0.25) is 4.79 Å². The summed E-state index contributed by atoms with van der Waals surface area (Å²) in [7, 11) is 0. The molecular formula is C13H16O3. The monoisotopic (exact) mass is 220 g/mol. The van der Waals surface area contributed by atoms with E-state index in [2.05, 4.69) is 0 Å². The molecule has 0 saturated heterocycles. The number of aliphatic carboxylic acids is 1. The number of carboxylic acids is 1. The third kappa shape index (κ3) is 2.25. The SMILES string of the molecule is Cc1cccc(CC2(O)CC(C(=O)O)C2)c1. The quantitative estimate of drug-likeness (QED) is 0.816. The minimum Gasteiger partial charge on any atom is -0.481 e. The van der Waals surface area contributed by atoms with Gasteiger partial charge in [-0.1, -0.05) is 29.8 Å². The maximum Gasteiger partial charge on any atom is 0.306 e. The Hall–Kier alpha value is -1.35. The van der Waals surface area contributed by atoms with E-state index in [0.29, 0.717) is 19.3 Å². The number of aryl methyl sites for hydroxylation is 1. The van der Waals surface area contributed by atoms with Gasteiger partial charge in [-0.15, -0.1) is 0 Å². The molecule has 1 saturated carbocycles. The number of hydrogen-bond donors (Lipinski definition) is 2. The van der Waals surface area contributed by atoms with Crippen molar-refractivity contribution >= 4 is 5.97 Å². The highest BCUT2D eigenvalue weighted by Crippen LogP contribution is 2.40. The van der Waals surface area contributed by atoms with Crippen molar-refractivity contribution in [3.05, 3.63) is 35.4 Å². The van der Waals surface area contributed by atoms with Crippen LogP contribution in [0.25, 0.3) is 0 Å². The van der Waals surface area contributed by atoms with Gasteiger partial charge < -0.3 is 10.2 Å². The minimum absolute atomic E-state index is 0.366. The van der Waals surface area contributed by atoms with E-state index in [1.165, 1.54) is 0 Å². The van der Waals surface area contributed by atoms with E-state index in [1.807, 2.05) is 31.2 Å². The Morgan fingerprint density at radius 2 is 2.19 bits per heavy atom. The van der Waals surface area contributed by atoms with Crippen LogP contribution in [0.4, 0.5) is 0 Å². The van der Waals surface area contributed by atoms with Crippen molar-refractivity contribution in [1.82, 2.24) is 0 Å². The van der Waals surface area contributed by atoms with E-state index >= 15 is 0 Å². The number of rotatable bonds is 3. The maximum absolute atomic E-state index is 10.7. The zero-order valence-electron chi connectivity index (χ0n) is 9.31. The van der Waals surface area contributed by atoms with Crippen LogP contribution in [0.2, 0.25) is 0 Å². The average molecular weight is 220 g/mol. The lowest BCUT2D eigenvalue weighted by Crippen LogP contribution is -2.48. The van der Waals surface area contributed by atoms with Crippen molar-refractivity contribution in [2.24, 2.45) is 5.92 Å². The van der Waals surface area contributed by atoms with Gasteiger partial charge in [0.15, 0.2) is 0 Å². The van der Waals surface area contributed by atoms with Crippen molar-refractivity contribution in [3.8, 4) is 0 Å². The standard InChI is InChI=1S/C13H16O3/c1-9-3-2-4-10(5-9)6-13(16)7-11(8-13)12(14)15/h2-5,11,16H,6-8H2,1H3,(H,14,15). The van der Waals surface area contributed by atoms with E-state index < -0.39 is 11.6 Å². The summed E-state index contributed by atoms with van der Waals surface area (Å²) in [5, 5.41) is 18.9. The van der Waals surface area contributed by atoms with Gasteiger partial charge in [0.05, 0.1) is 11.5 Å². The third-order valence-electron chi connectivity index (χ3n) is 3.22. The Bertz CT molecular complexity index is 405. The second kappa shape index (κ2) is 3.91. The fraction of sp³-hybridized carbons (Fsp3) is 0.462. The van der Waals surface area contributed by atoms with Crippen molar-refractivity contribution in [2.45, 2.75) is 31.8 Å². The summed E-state index contributed by atoms with van der Waals surface area (Å²) < 4.78 is 0. The highest BCUT2D eigenvalue weighted by atomic mass is 16.4. The minimum atomic E-state index is -0.809. The fourth-order valence-electron chi connectivity index (χ4n) is 2.38. The van der Waals surface area contributed by atoms with E-state index in [9.17, 15) is 9.90 Å². The Labute approximate surface area is 94.7 Å². The van der Waals surface area contributed by atoms with Gasteiger partial charge in [-0.05, 0) is 25.3 Å². The highest BCUT2D eigenvalue weighted by molar-refractivity contribution is 5.71. The molecule has 0 aromatic heterocycles. The molecule has 0 radical (unpaired) electrons. The van der Waals surface area contributed by atoms with Gasteiger partial charge in [0.2, 0.25) is 0 Å². The summed E-state index contributed by atoms with van der Waals surface area (Å²) in [4.78, 5) is 10.7. The first-order valence-electron chi connectivity index (χ1n) is 5.49. The first-order valence-corrected chi connectivity index (χ1v) is 5.49. The van der Waals surface area contributed by atoms with Crippen molar-refractivity contribution < 1.29 is 15.0 Å². The lowest BCUT2D eigenvalue weighted by molar-refractivity contribution is -0.158. The molecule has 3 heteroatoms. The number of benzene rings is 1. The summed E-state index contributed by atoms with van der Waals surface area (Å²) in [6.07, 6.45) is 1.30. The van der Waals surface area contributed by atoms with E-state index in [4.69, 9.17) is 5.11 Å². The number of carboxylic acid groups (broad SMARTS) is 1. The molecule has 1 aromatic carbocycles. The van der Waals surface area contributed by atoms with Crippen LogP contribution < -0.4 is 0 Å². The molecule has 16 heavy (non-hydrogen) atoms. The van der Waals surface area contributed by atoms with Crippen LogP contribution in [-0.4, -0.2) is 21.8 Å². The van der Waals surface area contributed by atoms with Gasteiger partial charge in [0.25, 0.3) is 0 Å². The van der Waals surface area contributed by atoms with Crippen LogP contribution >= 0.6 is 0 Å². The summed E-state index contributed by atoms with van der Waals surface area (Å²) >= 11 is 0. The molecule has 0 amide bonds. The molecule has 0 bridgehead atoms. The lowest BCUT2D eigenvalue weighted by atomic mass is 9.68. The van der Waals surface area contributed by atoms with E-state index in [-0.39, 0.29) is 5.92 Å². The molecule has 1 aliphatic carbocycles. The zero-order chi connectivity index (χ0) is 11.8. The molecule has 2 rings (SSSR count). The van der Waals surface area contributed by atoms with Gasteiger partial charge in [-0.25, -0.2) is 0 Å². The molecule has 0 unspecified atom stereocenters. The first-order chi connectivity index (χ1) is 7.48. The van der Waals surface area contributed by atoms with Gasteiger partial charge in [0, 0.05) is 6.42 Å². The molecule has 2 N–H and O–H groups in total. The molecule has 1 aromatic rings. The predicted octanol–water partition coefficient (Wildman–Crippen LogP) is 1.76. The van der Waals surface area contributed by atoms with Crippen molar-refractivity contribution in [3.63, 3.8) is 0 Å². The highest BCUT2D eigenvalue weighted by Gasteiger charge is 2.46. The molecule has 0 spiro atoms. The lowest BCUT2D eigenvalue weighted by Gasteiger charge is -2.41. The first kappa shape index (κ1) is 11.1.